The molecule has 2 saturated heterocycles. The van der Waals surface area contributed by atoms with Crippen LogP contribution in [0.4, 0.5) is 0 Å². The van der Waals surface area contributed by atoms with Gasteiger partial charge >= 0.3 is 0 Å². The molecule has 0 aliphatic carbocycles. The zero-order valence-corrected chi connectivity index (χ0v) is 11.3. The minimum absolute atomic E-state index is 0.00313. The highest BCUT2D eigenvalue weighted by Gasteiger charge is 2.49. The third kappa shape index (κ3) is 3.12. The Balaban J connectivity index is 2.01. The van der Waals surface area contributed by atoms with E-state index >= 15 is 0 Å². The number of fused-ring (bicyclic) bond motifs is 1. The Morgan fingerprint density at radius 2 is 2.17 bits per heavy atom. The van der Waals surface area contributed by atoms with Crippen molar-refractivity contribution >= 4 is 0 Å². The molecule has 2 fully saturated rings. The lowest BCUT2D eigenvalue weighted by Gasteiger charge is -2.36. The topological polar surface area (TPSA) is 47.9 Å². The zero-order valence-electron chi connectivity index (χ0n) is 11.3. The lowest BCUT2D eigenvalue weighted by atomic mass is 9.94. The molecule has 4 atom stereocenters. The summed E-state index contributed by atoms with van der Waals surface area (Å²) < 4.78 is 17.9. The van der Waals surface area contributed by atoms with E-state index in [4.69, 9.17) is 19.3 Å². The third-order valence-corrected chi connectivity index (χ3v) is 3.53. The second-order valence-corrected chi connectivity index (χ2v) is 5.56. The number of ether oxygens (including phenoxy) is 3. The van der Waals surface area contributed by atoms with Gasteiger partial charge in [0.1, 0.15) is 6.10 Å². The molecule has 0 unspecified atom stereocenters. The van der Waals surface area contributed by atoms with Gasteiger partial charge in [-0.3, -0.25) is 0 Å². The van der Waals surface area contributed by atoms with Gasteiger partial charge in [-0.15, -0.1) is 6.58 Å². The second-order valence-electron chi connectivity index (χ2n) is 5.56. The van der Waals surface area contributed by atoms with Crippen LogP contribution in [0.1, 0.15) is 39.5 Å². The van der Waals surface area contributed by atoms with Crippen LogP contribution in [0, 0.1) is 0 Å². The van der Waals surface area contributed by atoms with Gasteiger partial charge in [-0.25, -0.2) is 0 Å². The van der Waals surface area contributed by atoms with Crippen molar-refractivity contribution in [2.75, 3.05) is 6.61 Å². The molecule has 2 heterocycles. The molecule has 2 aliphatic rings. The average molecular weight is 256 g/mol. The van der Waals surface area contributed by atoms with Crippen molar-refractivity contribution in [2.24, 2.45) is 0 Å². The average Bonchev–Trinajstić information content (AvgIpc) is 2.61. The van der Waals surface area contributed by atoms with E-state index in [0.717, 1.165) is 25.7 Å². The van der Waals surface area contributed by atoms with Crippen LogP contribution in [-0.4, -0.2) is 41.9 Å². The molecule has 0 bridgehead atoms. The van der Waals surface area contributed by atoms with E-state index in [1.807, 2.05) is 19.9 Å². The number of aliphatic hydroxyl groups is 1. The Morgan fingerprint density at radius 1 is 1.39 bits per heavy atom. The smallest absolute Gasteiger partial charge is 0.163 e. The largest absolute Gasteiger partial charge is 0.396 e. The Labute approximate surface area is 109 Å². The SMILES string of the molecule is C=CC[C@H]1O[C@H](CCCO)C[C@@H]2OC(C)(C)O[C@@H]21. The maximum absolute atomic E-state index is 8.91. The van der Waals surface area contributed by atoms with E-state index in [1.165, 1.54) is 0 Å². The fourth-order valence-electron chi connectivity index (χ4n) is 2.86. The molecule has 4 heteroatoms. The van der Waals surface area contributed by atoms with E-state index in [1.54, 1.807) is 0 Å². The maximum Gasteiger partial charge on any atom is 0.163 e. The normalized spacial score (nSPS) is 38.4. The molecule has 0 aromatic carbocycles. The Hall–Kier alpha value is -0.420. The summed E-state index contributed by atoms with van der Waals surface area (Å²) in [7, 11) is 0. The van der Waals surface area contributed by atoms with Gasteiger partial charge in [0, 0.05) is 13.0 Å². The van der Waals surface area contributed by atoms with Crippen LogP contribution in [0.3, 0.4) is 0 Å². The van der Waals surface area contributed by atoms with Crippen molar-refractivity contribution in [2.45, 2.75) is 69.7 Å². The van der Waals surface area contributed by atoms with Gasteiger partial charge in [0.2, 0.25) is 0 Å². The van der Waals surface area contributed by atoms with Gasteiger partial charge < -0.3 is 19.3 Å². The highest BCUT2D eigenvalue weighted by atomic mass is 16.8. The molecule has 0 saturated carbocycles. The maximum atomic E-state index is 8.91. The van der Waals surface area contributed by atoms with E-state index in [9.17, 15) is 0 Å². The molecule has 104 valence electrons. The molecular formula is C14H24O4. The van der Waals surface area contributed by atoms with E-state index in [-0.39, 0.29) is 31.0 Å². The summed E-state index contributed by atoms with van der Waals surface area (Å²) in [6.45, 7) is 7.87. The molecule has 1 N–H and O–H groups in total. The van der Waals surface area contributed by atoms with E-state index < -0.39 is 5.79 Å². The minimum Gasteiger partial charge on any atom is -0.396 e. The van der Waals surface area contributed by atoms with Crippen LogP contribution < -0.4 is 0 Å². The van der Waals surface area contributed by atoms with E-state index in [0.29, 0.717) is 0 Å². The fraction of sp³-hybridized carbons (Fsp3) is 0.857. The Morgan fingerprint density at radius 3 is 2.83 bits per heavy atom. The first-order valence-electron chi connectivity index (χ1n) is 6.78. The molecule has 0 aromatic heterocycles. The Bertz CT molecular complexity index is 290. The lowest BCUT2D eigenvalue weighted by Crippen LogP contribution is -2.46. The Kier molecular flexibility index (Phi) is 4.43. The summed E-state index contributed by atoms with van der Waals surface area (Å²) >= 11 is 0. The molecular weight excluding hydrogens is 232 g/mol. The molecule has 0 amide bonds. The summed E-state index contributed by atoms with van der Waals surface area (Å²) in [5.74, 6) is -0.524. The molecule has 0 aromatic rings. The van der Waals surface area contributed by atoms with Gasteiger partial charge in [0.15, 0.2) is 5.79 Å². The van der Waals surface area contributed by atoms with Gasteiger partial charge in [0.25, 0.3) is 0 Å². The van der Waals surface area contributed by atoms with Gasteiger partial charge in [0.05, 0.1) is 18.3 Å². The van der Waals surface area contributed by atoms with E-state index in [2.05, 4.69) is 6.58 Å². The molecule has 0 radical (unpaired) electrons. The number of hydrogen-bond donors (Lipinski definition) is 1. The van der Waals surface area contributed by atoms with Crippen LogP contribution in [0.25, 0.3) is 0 Å². The predicted molar refractivity (Wildman–Crippen MR) is 68.2 cm³/mol. The van der Waals surface area contributed by atoms with Crippen molar-refractivity contribution in [3.05, 3.63) is 12.7 Å². The molecule has 18 heavy (non-hydrogen) atoms. The minimum atomic E-state index is -0.524. The predicted octanol–water partition coefficient (Wildman–Crippen LogP) is 2.01. The highest BCUT2D eigenvalue weighted by Crippen LogP contribution is 2.38. The molecule has 2 aliphatic heterocycles. The van der Waals surface area contributed by atoms with Crippen molar-refractivity contribution in [3.8, 4) is 0 Å². The summed E-state index contributed by atoms with van der Waals surface area (Å²) in [6, 6.07) is 0. The van der Waals surface area contributed by atoms with Crippen LogP contribution in [0.2, 0.25) is 0 Å². The van der Waals surface area contributed by atoms with Crippen LogP contribution in [0.5, 0.6) is 0 Å². The third-order valence-electron chi connectivity index (χ3n) is 3.53. The van der Waals surface area contributed by atoms with Crippen LogP contribution in [-0.2, 0) is 14.2 Å². The summed E-state index contributed by atoms with van der Waals surface area (Å²) in [5.41, 5.74) is 0. The van der Waals surface area contributed by atoms with Gasteiger partial charge in [-0.1, -0.05) is 6.08 Å². The molecule has 0 spiro atoms. The van der Waals surface area contributed by atoms with Crippen molar-refractivity contribution < 1.29 is 19.3 Å². The summed E-state index contributed by atoms with van der Waals surface area (Å²) in [6.07, 6.45) is 5.41. The zero-order chi connectivity index (χ0) is 13.2. The van der Waals surface area contributed by atoms with Crippen molar-refractivity contribution in [1.29, 1.82) is 0 Å². The summed E-state index contributed by atoms with van der Waals surface area (Å²) in [5, 5.41) is 8.91. The summed E-state index contributed by atoms with van der Waals surface area (Å²) in [4.78, 5) is 0. The lowest BCUT2D eigenvalue weighted by molar-refractivity contribution is -0.158. The van der Waals surface area contributed by atoms with Crippen molar-refractivity contribution in [3.63, 3.8) is 0 Å². The highest BCUT2D eigenvalue weighted by molar-refractivity contribution is 4.95. The second kappa shape index (κ2) is 5.70. The quantitative estimate of drug-likeness (QED) is 0.764. The number of hydrogen-bond acceptors (Lipinski definition) is 4. The number of rotatable bonds is 5. The van der Waals surface area contributed by atoms with Gasteiger partial charge in [-0.05, 0) is 33.1 Å². The standard InChI is InChI=1S/C14H24O4/c1-4-6-11-13-12(17-14(2,3)18-13)9-10(16-11)7-5-8-15/h4,10-13,15H,1,5-9H2,2-3H3/t10-,11-,12+,13-/m1/s1. The molecule has 2 rings (SSSR count). The fourth-order valence-corrected chi connectivity index (χ4v) is 2.86. The van der Waals surface area contributed by atoms with Crippen LogP contribution in [0.15, 0.2) is 12.7 Å². The first kappa shape index (κ1) is 14.0. The molecule has 4 nitrogen and oxygen atoms in total. The van der Waals surface area contributed by atoms with Gasteiger partial charge in [-0.2, -0.15) is 0 Å². The monoisotopic (exact) mass is 256 g/mol. The van der Waals surface area contributed by atoms with Crippen LogP contribution >= 0.6 is 0 Å². The van der Waals surface area contributed by atoms with Crippen molar-refractivity contribution in [1.82, 2.24) is 0 Å². The first-order chi connectivity index (χ1) is 8.55. The number of aliphatic hydroxyl groups excluding tert-OH is 1. The first-order valence-corrected chi connectivity index (χ1v) is 6.78.